The SMILES string of the molecule is COc1ccc(OCCNCc2ccc(N)o2)cc1. The lowest BCUT2D eigenvalue weighted by atomic mass is 10.3. The Hall–Kier alpha value is -2.14. The standard InChI is InChI=1S/C14H18N2O3/c1-17-11-2-4-12(5-3-11)18-9-8-16-10-13-6-7-14(15)19-13/h2-7,16H,8-10,15H2,1H3. The number of nitrogens with one attached hydrogen (secondary N) is 1. The number of benzene rings is 1. The molecule has 0 atom stereocenters. The van der Waals surface area contributed by atoms with Crippen LogP contribution in [0.4, 0.5) is 5.88 Å². The van der Waals surface area contributed by atoms with Crippen molar-refractivity contribution in [2.24, 2.45) is 0 Å². The second-order valence-electron chi connectivity index (χ2n) is 4.00. The lowest BCUT2D eigenvalue weighted by Crippen LogP contribution is -2.20. The molecule has 0 bridgehead atoms. The molecule has 0 unspecified atom stereocenters. The maximum atomic E-state index is 5.58. The molecule has 0 saturated carbocycles. The summed E-state index contributed by atoms with van der Waals surface area (Å²) in [5.74, 6) is 2.90. The van der Waals surface area contributed by atoms with E-state index in [0.29, 0.717) is 19.0 Å². The number of nitrogen functional groups attached to an aromatic ring is 1. The van der Waals surface area contributed by atoms with Crippen molar-refractivity contribution in [3.63, 3.8) is 0 Å². The molecule has 5 heteroatoms. The second kappa shape index (κ2) is 6.70. The zero-order valence-corrected chi connectivity index (χ0v) is 10.9. The molecule has 3 N–H and O–H groups in total. The van der Waals surface area contributed by atoms with E-state index in [4.69, 9.17) is 19.6 Å². The van der Waals surface area contributed by atoms with Crippen molar-refractivity contribution in [2.75, 3.05) is 26.0 Å². The molecule has 19 heavy (non-hydrogen) atoms. The maximum Gasteiger partial charge on any atom is 0.190 e. The molecule has 2 aromatic rings. The van der Waals surface area contributed by atoms with Gasteiger partial charge in [0.15, 0.2) is 5.88 Å². The second-order valence-corrected chi connectivity index (χ2v) is 4.00. The van der Waals surface area contributed by atoms with E-state index < -0.39 is 0 Å². The van der Waals surface area contributed by atoms with Gasteiger partial charge in [-0.15, -0.1) is 0 Å². The molecule has 0 aliphatic rings. The molecular formula is C14H18N2O3. The Labute approximate surface area is 112 Å². The minimum atomic E-state index is 0.436. The highest BCUT2D eigenvalue weighted by atomic mass is 16.5. The summed E-state index contributed by atoms with van der Waals surface area (Å²) in [5, 5.41) is 3.21. The number of ether oxygens (including phenoxy) is 2. The fourth-order valence-electron chi connectivity index (χ4n) is 1.61. The van der Waals surface area contributed by atoms with E-state index >= 15 is 0 Å². The molecular weight excluding hydrogens is 244 g/mol. The van der Waals surface area contributed by atoms with Gasteiger partial charge in [0, 0.05) is 12.6 Å². The first-order chi connectivity index (χ1) is 9.28. The van der Waals surface area contributed by atoms with Crippen LogP contribution in [0.3, 0.4) is 0 Å². The number of nitrogens with two attached hydrogens (primary N) is 1. The van der Waals surface area contributed by atoms with Gasteiger partial charge in [0.05, 0.1) is 13.7 Å². The predicted octanol–water partition coefficient (Wildman–Crippen LogP) is 2.04. The Morgan fingerprint density at radius 3 is 2.47 bits per heavy atom. The fourth-order valence-corrected chi connectivity index (χ4v) is 1.61. The van der Waals surface area contributed by atoms with Crippen LogP contribution in [0.5, 0.6) is 11.5 Å². The Bertz CT molecular complexity index is 494. The average molecular weight is 262 g/mol. The van der Waals surface area contributed by atoms with Crippen LogP contribution in [0.2, 0.25) is 0 Å². The fraction of sp³-hybridized carbons (Fsp3) is 0.286. The van der Waals surface area contributed by atoms with Crippen molar-refractivity contribution in [1.29, 1.82) is 0 Å². The van der Waals surface area contributed by atoms with Crippen LogP contribution in [-0.4, -0.2) is 20.3 Å². The van der Waals surface area contributed by atoms with Crippen LogP contribution in [-0.2, 0) is 6.54 Å². The smallest absolute Gasteiger partial charge is 0.190 e. The van der Waals surface area contributed by atoms with E-state index in [9.17, 15) is 0 Å². The highest BCUT2D eigenvalue weighted by Crippen LogP contribution is 2.16. The summed E-state index contributed by atoms with van der Waals surface area (Å²) < 4.78 is 15.9. The minimum absolute atomic E-state index is 0.436. The molecule has 1 aromatic carbocycles. The van der Waals surface area contributed by atoms with E-state index in [0.717, 1.165) is 23.8 Å². The van der Waals surface area contributed by atoms with Crippen molar-refractivity contribution in [1.82, 2.24) is 5.32 Å². The molecule has 0 spiro atoms. The highest BCUT2D eigenvalue weighted by molar-refractivity contribution is 5.31. The van der Waals surface area contributed by atoms with E-state index in [2.05, 4.69) is 5.32 Å². The first-order valence-corrected chi connectivity index (χ1v) is 6.09. The summed E-state index contributed by atoms with van der Waals surface area (Å²) in [7, 11) is 1.64. The quantitative estimate of drug-likeness (QED) is 0.747. The van der Waals surface area contributed by atoms with Crippen molar-refractivity contribution >= 4 is 5.88 Å². The lowest BCUT2D eigenvalue weighted by Gasteiger charge is -2.07. The molecule has 0 saturated heterocycles. The zero-order chi connectivity index (χ0) is 13.5. The predicted molar refractivity (Wildman–Crippen MR) is 73.3 cm³/mol. The molecule has 0 fully saturated rings. The Morgan fingerprint density at radius 1 is 1.11 bits per heavy atom. The van der Waals surface area contributed by atoms with Gasteiger partial charge < -0.3 is 24.9 Å². The number of rotatable bonds is 7. The number of hydrogen-bond acceptors (Lipinski definition) is 5. The summed E-state index contributed by atoms with van der Waals surface area (Å²) >= 11 is 0. The van der Waals surface area contributed by atoms with E-state index in [-0.39, 0.29) is 0 Å². The first-order valence-electron chi connectivity index (χ1n) is 6.09. The summed E-state index contributed by atoms with van der Waals surface area (Å²) in [6.07, 6.45) is 0. The summed E-state index contributed by atoms with van der Waals surface area (Å²) in [6.45, 7) is 1.96. The minimum Gasteiger partial charge on any atom is -0.497 e. The van der Waals surface area contributed by atoms with Crippen LogP contribution in [0, 0.1) is 0 Å². The van der Waals surface area contributed by atoms with Gasteiger partial charge in [-0.1, -0.05) is 0 Å². The summed E-state index contributed by atoms with van der Waals surface area (Å²) in [6, 6.07) is 11.1. The third kappa shape index (κ3) is 4.22. The number of methoxy groups -OCH3 is 1. The van der Waals surface area contributed by atoms with Crippen molar-refractivity contribution in [3.8, 4) is 11.5 Å². The van der Waals surface area contributed by atoms with Gasteiger partial charge in [0.2, 0.25) is 0 Å². The topological polar surface area (TPSA) is 69.7 Å². The Morgan fingerprint density at radius 2 is 1.84 bits per heavy atom. The van der Waals surface area contributed by atoms with Gasteiger partial charge in [-0.3, -0.25) is 0 Å². The first kappa shape index (κ1) is 13.3. The molecule has 0 amide bonds. The van der Waals surface area contributed by atoms with Crippen molar-refractivity contribution < 1.29 is 13.9 Å². The molecule has 2 rings (SSSR count). The van der Waals surface area contributed by atoms with Gasteiger partial charge >= 0.3 is 0 Å². The van der Waals surface area contributed by atoms with Crippen LogP contribution >= 0.6 is 0 Å². The van der Waals surface area contributed by atoms with Gasteiger partial charge in [-0.05, 0) is 30.3 Å². The molecule has 5 nitrogen and oxygen atoms in total. The van der Waals surface area contributed by atoms with Gasteiger partial charge in [-0.25, -0.2) is 0 Å². The third-order valence-electron chi connectivity index (χ3n) is 2.59. The lowest BCUT2D eigenvalue weighted by molar-refractivity contribution is 0.310. The van der Waals surface area contributed by atoms with Crippen molar-refractivity contribution in [2.45, 2.75) is 6.54 Å². The van der Waals surface area contributed by atoms with Gasteiger partial charge in [0.1, 0.15) is 23.9 Å². The Balaban J connectivity index is 1.63. The maximum absolute atomic E-state index is 5.58. The van der Waals surface area contributed by atoms with Gasteiger partial charge in [-0.2, -0.15) is 0 Å². The molecule has 0 radical (unpaired) electrons. The molecule has 0 aliphatic carbocycles. The van der Waals surface area contributed by atoms with E-state index in [1.54, 1.807) is 13.2 Å². The average Bonchev–Trinajstić information content (AvgIpc) is 2.85. The van der Waals surface area contributed by atoms with E-state index in [1.165, 1.54) is 0 Å². The van der Waals surface area contributed by atoms with Gasteiger partial charge in [0.25, 0.3) is 0 Å². The monoisotopic (exact) mass is 262 g/mol. The molecule has 1 heterocycles. The normalized spacial score (nSPS) is 10.4. The van der Waals surface area contributed by atoms with Crippen LogP contribution in [0.15, 0.2) is 40.8 Å². The Kier molecular flexibility index (Phi) is 4.69. The van der Waals surface area contributed by atoms with Crippen LogP contribution in [0.1, 0.15) is 5.76 Å². The molecule has 1 aromatic heterocycles. The summed E-state index contributed by atoms with van der Waals surface area (Å²) in [4.78, 5) is 0. The van der Waals surface area contributed by atoms with E-state index in [1.807, 2.05) is 30.3 Å². The number of hydrogen-bond donors (Lipinski definition) is 2. The third-order valence-corrected chi connectivity index (χ3v) is 2.59. The molecule has 0 aliphatic heterocycles. The highest BCUT2D eigenvalue weighted by Gasteiger charge is 1.98. The summed E-state index contributed by atoms with van der Waals surface area (Å²) in [5.41, 5.74) is 5.48. The van der Waals surface area contributed by atoms with Crippen LogP contribution in [0.25, 0.3) is 0 Å². The van der Waals surface area contributed by atoms with Crippen molar-refractivity contribution in [3.05, 3.63) is 42.2 Å². The number of anilines is 1. The molecule has 102 valence electrons. The van der Waals surface area contributed by atoms with Crippen LogP contribution < -0.4 is 20.5 Å². The zero-order valence-electron chi connectivity index (χ0n) is 10.9. The number of furan rings is 1. The largest absolute Gasteiger partial charge is 0.497 e.